The summed E-state index contributed by atoms with van der Waals surface area (Å²) in [4.78, 5) is 25.6. The number of carbonyl (C=O) groups excluding carboxylic acids is 2. The van der Waals surface area contributed by atoms with E-state index < -0.39 is 5.54 Å². The first-order chi connectivity index (χ1) is 13.0. The summed E-state index contributed by atoms with van der Waals surface area (Å²) in [6.45, 7) is 3.93. The lowest BCUT2D eigenvalue weighted by Gasteiger charge is -2.32. The highest BCUT2D eigenvalue weighted by Gasteiger charge is 2.31. The minimum absolute atomic E-state index is 0.0878. The van der Waals surface area contributed by atoms with E-state index in [9.17, 15) is 9.59 Å². The molecule has 3 aromatic rings. The lowest BCUT2D eigenvalue weighted by Crippen LogP contribution is -2.44. The van der Waals surface area contributed by atoms with Gasteiger partial charge in [0.1, 0.15) is 0 Å². The van der Waals surface area contributed by atoms with E-state index in [4.69, 9.17) is 0 Å². The van der Waals surface area contributed by atoms with Crippen LogP contribution in [0.4, 0.5) is 0 Å². The Hall–Kier alpha value is -2.92. The molecule has 27 heavy (non-hydrogen) atoms. The fraction of sp³-hybridized carbons (Fsp3) is 0.182. The SMILES string of the molecule is CC(=O)NCc1ccc(C(=O)NC(C)(c2ccccc2)c2ccccc2)s1. The van der Waals surface area contributed by atoms with E-state index in [2.05, 4.69) is 10.6 Å². The second kappa shape index (κ2) is 8.18. The second-order valence-electron chi connectivity index (χ2n) is 6.49. The minimum Gasteiger partial charge on any atom is -0.351 e. The lowest BCUT2D eigenvalue weighted by atomic mass is 9.84. The minimum atomic E-state index is -0.651. The molecule has 5 heteroatoms. The van der Waals surface area contributed by atoms with Gasteiger partial charge in [0.2, 0.25) is 5.91 Å². The van der Waals surface area contributed by atoms with E-state index in [0.717, 1.165) is 16.0 Å². The number of benzene rings is 2. The molecular weight excluding hydrogens is 356 g/mol. The van der Waals surface area contributed by atoms with Crippen LogP contribution < -0.4 is 10.6 Å². The Morgan fingerprint density at radius 3 is 1.96 bits per heavy atom. The highest BCUT2D eigenvalue weighted by atomic mass is 32.1. The van der Waals surface area contributed by atoms with Gasteiger partial charge in [0.05, 0.1) is 17.0 Å². The molecule has 0 spiro atoms. The summed E-state index contributed by atoms with van der Waals surface area (Å²) < 4.78 is 0. The summed E-state index contributed by atoms with van der Waals surface area (Å²) in [5, 5.41) is 5.96. The van der Waals surface area contributed by atoms with E-state index in [-0.39, 0.29) is 11.8 Å². The summed E-state index contributed by atoms with van der Waals surface area (Å²) in [5.41, 5.74) is 1.38. The molecule has 0 bridgehead atoms. The van der Waals surface area contributed by atoms with Gasteiger partial charge in [-0.25, -0.2) is 0 Å². The van der Waals surface area contributed by atoms with Crippen LogP contribution in [0.2, 0.25) is 0 Å². The third-order valence-electron chi connectivity index (χ3n) is 4.46. The van der Waals surface area contributed by atoms with Gasteiger partial charge in [0.15, 0.2) is 0 Å². The number of carbonyl (C=O) groups is 2. The molecule has 0 radical (unpaired) electrons. The average molecular weight is 378 g/mol. The Bertz CT molecular complexity index is 880. The first kappa shape index (κ1) is 18.9. The zero-order valence-corrected chi connectivity index (χ0v) is 16.2. The topological polar surface area (TPSA) is 58.2 Å². The van der Waals surface area contributed by atoms with Crippen LogP contribution in [0.15, 0.2) is 72.8 Å². The number of hydrogen-bond donors (Lipinski definition) is 2. The maximum Gasteiger partial charge on any atom is 0.262 e. The van der Waals surface area contributed by atoms with Gasteiger partial charge in [-0.05, 0) is 30.2 Å². The standard InChI is InChI=1S/C22H22N2O2S/c1-16(25)23-15-19-13-14-20(27-19)21(26)24-22(2,17-9-5-3-6-10-17)18-11-7-4-8-12-18/h3-14H,15H2,1-2H3,(H,23,25)(H,24,26). The molecule has 0 unspecified atom stereocenters. The van der Waals surface area contributed by atoms with Crippen molar-refractivity contribution in [3.05, 3.63) is 93.7 Å². The van der Waals surface area contributed by atoms with Crippen LogP contribution in [0.25, 0.3) is 0 Å². The van der Waals surface area contributed by atoms with E-state index in [1.54, 1.807) is 6.07 Å². The molecule has 0 saturated heterocycles. The fourth-order valence-electron chi connectivity index (χ4n) is 2.95. The largest absolute Gasteiger partial charge is 0.351 e. The number of amides is 2. The molecule has 1 heterocycles. The predicted octanol–water partition coefficient (Wildman–Crippen LogP) is 4.08. The van der Waals surface area contributed by atoms with Crippen LogP contribution in [0, 0.1) is 0 Å². The summed E-state index contributed by atoms with van der Waals surface area (Å²) in [7, 11) is 0. The molecule has 2 aromatic carbocycles. The number of rotatable bonds is 6. The van der Waals surface area contributed by atoms with Gasteiger partial charge in [0, 0.05) is 11.8 Å². The Labute approximate surface area is 163 Å². The van der Waals surface area contributed by atoms with Gasteiger partial charge < -0.3 is 10.6 Å². The molecule has 1 aromatic heterocycles. The molecule has 0 atom stereocenters. The van der Waals surface area contributed by atoms with Crippen LogP contribution in [-0.4, -0.2) is 11.8 Å². The maximum absolute atomic E-state index is 13.0. The quantitative estimate of drug-likeness (QED) is 0.679. The van der Waals surface area contributed by atoms with E-state index >= 15 is 0 Å². The predicted molar refractivity (Wildman–Crippen MR) is 109 cm³/mol. The Morgan fingerprint density at radius 2 is 1.44 bits per heavy atom. The monoisotopic (exact) mass is 378 g/mol. The van der Waals surface area contributed by atoms with Gasteiger partial charge >= 0.3 is 0 Å². The average Bonchev–Trinajstić information content (AvgIpc) is 3.17. The molecule has 4 nitrogen and oxygen atoms in total. The summed E-state index contributed by atoms with van der Waals surface area (Å²) in [5.74, 6) is -0.223. The van der Waals surface area contributed by atoms with Crippen molar-refractivity contribution in [3.8, 4) is 0 Å². The smallest absolute Gasteiger partial charge is 0.262 e. The van der Waals surface area contributed by atoms with Crippen molar-refractivity contribution >= 4 is 23.2 Å². The van der Waals surface area contributed by atoms with Gasteiger partial charge in [-0.1, -0.05) is 60.7 Å². The second-order valence-corrected chi connectivity index (χ2v) is 7.66. The van der Waals surface area contributed by atoms with Crippen molar-refractivity contribution in [2.24, 2.45) is 0 Å². The van der Waals surface area contributed by atoms with Gasteiger partial charge in [-0.15, -0.1) is 11.3 Å². The van der Waals surface area contributed by atoms with Crippen molar-refractivity contribution in [3.63, 3.8) is 0 Å². The van der Waals surface area contributed by atoms with Crippen molar-refractivity contribution in [1.82, 2.24) is 10.6 Å². The van der Waals surface area contributed by atoms with Crippen LogP contribution in [-0.2, 0) is 16.9 Å². The normalized spacial score (nSPS) is 11.0. The van der Waals surface area contributed by atoms with E-state index in [1.807, 2.05) is 73.7 Å². The molecular formula is C22H22N2O2S. The Kier molecular flexibility index (Phi) is 5.72. The summed E-state index contributed by atoms with van der Waals surface area (Å²) >= 11 is 1.39. The van der Waals surface area contributed by atoms with Crippen molar-refractivity contribution in [2.45, 2.75) is 25.9 Å². The van der Waals surface area contributed by atoms with Crippen LogP contribution in [0.3, 0.4) is 0 Å². The first-order valence-corrected chi connectivity index (χ1v) is 9.57. The zero-order chi connectivity index (χ0) is 19.3. The summed E-state index contributed by atoms with van der Waals surface area (Å²) in [6, 6.07) is 23.6. The van der Waals surface area contributed by atoms with Crippen molar-refractivity contribution < 1.29 is 9.59 Å². The number of nitrogens with one attached hydrogen (secondary N) is 2. The maximum atomic E-state index is 13.0. The van der Waals surface area contributed by atoms with Gasteiger partial charge in [-0.2, -0.15) is 0 Å². The first-order valence-electron chi connectivity index (χ1n) is 8.76. The molecule has 2 N–H and O–H groups in total. The zero-order valence-electron chi connectivity index (χ0n) is 15.4. The highest BCUT2D eigenvalue weighted by Crippen LogP contribution is 2.30. The molecule has 0 aliphatic rings. The van der Waals surface area contributed by atoms with Crippen molar-refractivity contribution in [2.75, 3.05) is 0 Å². The van der Waals surface area contributed by atoms with Crippen LogP contribution >= 0.6 is 11.3 Å². The molecule has 0 saturated carbocycles. The summed E-state index contributed by atoms with van der Waals surface area (Å²) in [6.07, 6.45) is 0. The molecule has 0 fully saturated rings. The third kappa shape index (κ3) is 4.44. The molecule has 2 amide bonds. The molecule has 0 aliphatic heterocycles. The molecule has 0 aliphatic carbocycles. The Morgan fingerprint density at radius 1 is 0.889 bits per heavy atom. The molecule has 3 rings (SSSR count). The van der Waals surface area contributed by atoms with Crippen molar-refractivity contribution in [1.29, 1.82) is 0 Å². The van der Waals surface area contributed by atoms with Gasteiger partial charge in [0.25, 0.3) is 5.91 Å². The van der Waals surface area contributed by atoms with Crippen LogP contribution in [0.1, 0.15) is 39.5 Å². The lowest BCUT2D eigenvalue weighted by molar-refractivity contribution is -0.119. The molecule has 138 valence electrons. The van der Waals surface area contributed by atoms with E-state index in [1.165, 1.54) is 18.3 Å². The number of thiophene rings is 1. The fourth-order valence-corrected chi connectivity index (χ4v) is 3.79. The van der Waals surface area contributed by atoms with Gasteiger partial charge in [-0.3, -0.25) is 9.59 Å². The Balaban J connectivity index is 1.87. The number of hydrogen-bond acceptors (Lipinski definition) is 3. The third-order valence-corrected chi connectivity index (χ3v) is 5.55. The van der Waals surface area contributed by atoms with E-state index in [0.29, 0.717) is 11.4 Å². The highest BCUT2D eigenvalue weighted by molar-refractivity contribution is 7.14. The van der Waals surface area contributed by atoms with Crippen LogP contribution in [0.5, 0.6) is 0 Å².